The highest BCUT2D eigenvalue weighted by Gasteiger charge is 2.15. The van der Waals surface area contributed by atoms with Crippen LogP contribution in [0.2, 0.25) is 0 Å². The third kappa shape index (κ3) is 10.4. The number of unbranched alkanes of at least 4 members (excludes halogenated alkanes) is 4. The van der Waals surface area contributed by atoms with E-state index >= 15 is 0 Å². The van der Waals surface area contributed by atoms with Gasteiger partial charge in [-0.3, -0.25) is 4.55 Å². The van der Waals surface area contributed by atoms with E-state index in [1.165, 1.54) is 19.3 Å². The van der Waals surface area contributed by atoms with Gasteiger partial charge in [0, 0.05) is 0 Å². The van der Waals surface area contributed by atoms with Crippen LogP contribution in [-0.4, -0.2) is 18.7 Å². The van der Waals surface area contributed by atoms with Crippen molar-refractivity contribution in [3.8, 4) is 0 Å². The Hall–Kier alpha value is -0.0900. The van der Waals surface area contributed by atoms with E-state index in [-0.39, 0.29) is 11.7 Å². The topological polar surface area (TPSA) is 54.4 Å². The molecule has 0 aromatic heterocycles. The summed E-state index contributed by atoms with van der Waals surface area (Å²) in [7, 11) is -3.80. The maximum atomic E-state index is 10.8. The lowest BCUT2D eigenvalue weighted by Gasteiger charge is -2.14. The van der Waals surface area contributed by atoms with Gasteiger partial charge in [-0.2, -0.15) is 8.42 Å². The zero-order valence-electron chi connectivity index (χ0n) is 10.6. The first-order valence-electron chi connectivity index (χ1n) is 6.44. The van der Waals surface area contributed by atoms with E-state index in [1.54, 1.807) is 0 Å². The predicted octanol–water partition coefficient (Wildman–Crippen LogP) is 3.65. The first-order valence-corrected chi connectivity index (χ1v) is 8.05. The molecule has 0 spiro atoms. The van der Waals surface area contributed by atoms with Crippen molar-refractivity contribution in [2.75, 3.05) is 5.75 Å². The van der Waals surface area contributed by atoms with Crippen LogP contribution >= 0.6 is 0 Å². The fourth-order valence-corrected chi connectivity index (χ4v) is 2.89. The Balaban J connectivity index is 3.90. The maximum Gasteiger partial charge on any atom is 0.265 e. The van der Waals surface area contributed by atoms with Crippen LogP contribution in [0.25, 0.3) is 0 Å². The number of rotatable bonds is 10. The van der Waals surface area contributed by atoms with E-state index in [0.717, 1.165) is 32.1 Å². The summed E-state index contributed by atoms with van der Waals surface area (Å²) >= 11 is 0. The van der Waals surface area contributed by atoms with Gasteiger partial charge in [0.1, 0.15) is 0 Å². The highest BCUT2D eigenvalue weighted by Crippen LogP contribution is 2.18. The molecule has 0 amide bonds. The van der Waals surface area contributed by atoms with Crippen LogP contribution in [0.15, 0.2) is 0 Å². The van der Waals surface area contributed by atoms with Crippen molar-refractivity contribution >= 4 is 10.1 Å². The molecule has 0 rings (SSSR count). The van der Waals surface area contributed by atoms with Crippen LogP contribution in [0, 0.1) is 5.92 Å². The Morgan fingerprint density at radius 2 is 1.50 bits per heavy atom. The molecule has 0 fully saturated rings. The molecule has 0 aromatic rings. The summed E-state index contributed by atoms with van der Waals surface area (Å²) in [6.07, 6.45) is 8.64. The SMILES string of the molecule is CCCCCCC(CCCC)CS(=O)(=O)O. The third-order valence-corrected chi connectivity index (χ3v) is 3.77. The first-order chi connectivity index (χ1) is 7.49. The van der Waals surface area contributed by atoms with Crippen molar-refractivity contribution in [2.24, 2.45) is 5.92 Å². The predicted molar refractivity (Wildman–Crippen MR) is 68.2 cm³/mol. The Morgan fingerprint density at radius 3 is 2.00 bits per heavy atom. The van der Waals surface area contributed by atoms with Gasteiger partial charge in [0.2, 0.25) is 0 Å². The van der Waals surface area contributed by atoms with Crippen molar-refractivity contribution in [3.63, 3.8) is 0 Å². The fraction of sp³-hybridized carbons (Fsp3) is 1.00. The van der Waals surface area contributed by atoms with Gasteiger partial charge in [-0.25, -0.2) is 0 Å². The fourth-order valence-electron chi connectivity index (χ4n) is 1.96. The van der Waals surface area contributed by atoms with Gasteiger partial charge in [-0.15, -0.1) is 0 Å². The standard InChI is InChI=1S/C12H26O3S/c1-3-5-7-8-10-12(9-6-4-2)11-16(13,14)15/h12H,3-11H2,1-2H3,(H,13,14,15). The minimum atomic E-state index is -3.80. The highest BCUT2D eigenvalue weighted by atomic mass is 32.2. The lowest BCUT2D eigenvalue weighted by Crippen LogP contribution is -2.15. The molecule has 0 aliphatic rings. The van der Waals surface area contributed by atoms with Crippen LogP contribution in [0.4, 0.5) is 0 Å². The summed E-state index contributed by atoms with van der Waals surface area (Å²) in [4.78, 5) is 0. The average molecular weight is 250 g/mol. The molecule has 4 heteroatoms. The zero-order chi connectivity index (χ0) is 12.4. The molecule has 98 valence electrons. The van der Waals surface area contributed by atoms with Crippen molar-refractivity contribution in [2.45, 2.75) is 65.2 Å². The van der Waals surface area contributed by atoms with Crippen molar-refractivity contribution in [1.29, 1.82) is 0 Å². The van der Waals surface area contributed by atoms with Gasteiger partial charge >= 0.3 is 0 Å². The second-order valence-electron chi connectivity index (χ2n) is 4.61. The van der Waals surface area contributed by atoms with Gasteiger partial charge in [0.05, 0.1) is 5.75 Å². The van der Waals surface area contributed by atoms with E-state index in [9.17, 15) is 8.42 Å². The zero-order valence-corrected chi connectivity index (χ0v) is 11.4. The summed E-state index contributed by atoms with van der Waals surface area (Å²) in [6, 6.07) is 0. The number of hydrogen-bond acceptors (Lipinski definition) is 2. The summed E-state index contributed by atoms with van der Waals surface area (Å²) < 4.78 is 30.6. The molecule has 0 aliphatic carbocycles. The summed E-state index contributed by atoms with van der Waals surface area (Å²) in [5.74, 6) is 0.0888. The molecule has 3 nitrogen and oxygen atoms in total. The van der Waals surface area contributed by atoms with Gasteiger partial charge in [0.15, 0.2) is 0 Å². The van der Waals surface area contributed by atoms with Crippen molar-refractivity contribution < 1.29 is 13.0 Å². The molecule has 0 heterocycles. The van der Waals surface area contributed by atoms with E-state index in [4.69, 9.17) is 4.55 Å². The molecular weight excluding hydrogens is 224 g/mol. The lowest BCUT2D eigenvalue weighted by molar-refractivity contribution is 0.418. The molecule has 0 bridgehead atoms. The minimum Gasteiger partial charge on any atom is -0.286 e. The second-order valence-corrected chi connectivity index (χ2v) is 6.10. The maximum absolute atomic E-state index is 10.8. The molecule has 16 heavy (non-hydrogen) atoms. The molecule has 0 radical (unpaired) electrons. The van der Waals surface area contributed by atoms with E-state index in [2.05, 4.69) is 13.8 Å². The number of hydrogen-bond donors (Lipinski definition) is 1. The Bertz CT molecular complexity index is 247. The van der Waals surface area contributed by atoms with Gasteiger partial charge in [-0.1, -0.05) is 52.4 Å². The molecule has 0 aromatic carbocycles. The van der Waals surface area contributed by atoms with Crippen LogP contribution in [0.5, 0.6) is 0 Å². The normalized spacial score (nSPS) is 13.9. The van der Waals surface area contributed by atoms with Crippen molar-refractivity contribution in [3.05, 3.63) is 0 Å². The molecule has 0 aliphatic heterocycles. The first kappa shape index (κ1) is 15.9. The molecular formula is C12H26O3S. The van der Waals surface area contributed by atoms with Gasteiger partial charge in [-0.05, 0) is 18.8 Å². The third-order valence-electron chi connectivity index (χ3n) is 2.88. The van der Waals surface area contributed by atoms with Gasteiger partial charge in [0.25, 0.3) is 10.1 Å². The van der Waals surface area contributed by atoms with Crippen LogP contribution in [0.3, 0.4) is 0 Å². The van der Waals surface area contributed by atoms with Crippen LogP contribution in [0.1, 0.15) is 65.2 Å². The second kappa shape index (κ2) is 8.99. The highest BCUT2D eigenvalue weighted by molar-refractivity contribution is 7.85. The summed E-state index contributed by atoms with van der Waals surface area (Å²) in [5, 5.41) is 0. The van der Waals surface area contributed by atoms with E-state index in [0.29, 0.717) is 0 Å². The molecule has 1 unspecified atom stereocenters. The largest absolute Gasteiger partial charge is 0.286 e. The van der Waals surface area contributed by atoms with Crippen LogP contribution in [-0.2, 0) is 10.1 Å². The monoisotopic (exact) mass is 250 g/mol. The quantitative estimate of drug-likeness (QED) is 0.475. The summed E-state index contributed by atoms with van der Waals surface area (Å²) in [6.45, 7) is 4.26. The Labute approximate surface area is 100 Å². The lowest BCUT2D eigenvalue weighted by atomic mass is 9.97. The van der Waals surface area contributed by atoms with Crippen LogP contribution < -0.4 is 0 Å². The van der Waals surface area contributed by atoms with Gasteiger partial charge < -0.3 is 0 Å². The molecule has 1 N–H and O–H groups in total. The molecule has 0 saturated carbocycles. The van der Waals surface area contributed by atoms with Crippen molar-refractivity contribution in [1.82, 2.24) is 0 Å². The van der Waals surface area contributed by atoms with E-state index < -0.39 is 10.1 Å². The average Bonchev–Trinajstić information content (AvgIpc) is 2.18. The summed E-state index contributed by atoms with van der Waals surface area (Å²) in [5.41, 5.74) is 0. The minimum absolute atomic E-state index is 0.0564. The molecule has 0 saturated heterocycles. The Kier molecular flexibility index (Phi) is 8.94. The van der Waals surface area contributed by atoms with E-state index in [1.807, 2.05) is 0 Å². The Morgan fingerprint density at radius 1 is 0.938 bits per heavy atom. The molecule has 1 atom stereocenters. The smallest absolute Gasteiger partial charge is 0.265 e.